The first-order chi connectivity index (χ1) is 10.1. The molecule has 2 rings (SSSR count). The molecule has 0 amide bonds. The van der Waals surface area contributed by atoms with E-state index < -0.39 is 0 Å². The Morgan fingerprint density at radius 1 is 1.10 bits per heavy atom. The summed E-state index contributed by atoms with van der Waals surface area (Å²) in [6.07, 6.45) is 4.24. The molecule has 0 spiro atoms. The Hall–Kier alpha value is -1.06. The Morgan fingerprint density at radius 2 is 1.76 bits per heavy atom. The number of rotatable bonds is 8. The van der Waals surface area contributed by atoms with Crippen LogP contribution >= 0.6 is 0 Å². The molecule has 1 saturated heterocycles. The first kappa shape index (κ1) is 16.3. The van der Waals surface area contributed by atoms with Crippen molar-refractivity contribution in [1.29, 1.82) is 0 Å². The zero-order valence-corrected chi connectivity index (χ0v) is 13.8. The SMILES string of the molecule is CC(C)Oc1ccc(C(C)NCCCN2CCCC2)cc1. The molecular weight excluding hydrogens is 260 g/mol. The van der Waals surface area contributed by atoms with Gasteiger partial charge in [-0.1, -0.05) is 12.1 Å². The van der Waals surface area contributed by atoms with E-state index in [2.05, 4.69) is 55.3 Å². The summed E-state index contributed by atoms with van der Waals surface area (Å²) >= 11 is 0. The van der Waals surface area contributed by atoms with E-state index in [9.17, 15) is 0 Å². The lowest BCUT2D eigenvalue weighted by atomic mass is 10.1. The maximum absolute atomic E-state index is 5.68. The predicted molar refractivity (Wildman–Crippen MR) is 88.9 cm³/mol. The molecule has 0 aromatic heterocycles. The maximum Gasteiger partial charge on any atom is 0.119 e. The van der Waals surface area contributed by atoms with Gasteiger partial charge in [-0.15, -0.1) is 0 Å². The second kappa shape index (κ2) is 8.40. The van der Waals surface area contributed by atoms with Crippen LogP contribution in [0.4, 0.5) is 0 Å². The predicted octanol–water partition coefficient (Wildman–Crippen LogP) is 3.61. The quantitative estimate of drug-likeness (QED) is 0.740. The van der Waals surface area contributed by atoms with Gasteiger partial charge < -0.3 is 15.0 Å². The summed E-state index contributed by atoms with van der Waals surface area (Å²) in [6, 6.07) is 8.86. The summed E-state index contributed by atoms with van der Waals surface area (Å²) in [7, 11) is 0. The summed E-state index contributed by atoms with van der Waals surface area (Å²) in [5, 5.41) is 3.62. The average molecular weight is 290 g/mol. The molecule has 1 aromatic carbocycles. The summed E-state index contributed by atoms with van der Waals surface area (Å²) in [5.41, 5.74) is 1.33. The minimum absolute atomic E-state index is 0.233. The Kier molecular flexibility index (Phi) is 6.52. The second-order valence-corrected chi connectivity index (χ2v) is 6.31. The van der Waals surface area contributed by atoms with Crippen molar-refractivity contribution in [1.82, 2.24) is 10.2 Å². The van der Waals surface area contributed by atoms with Crippen LogP contribution < -0.4 is 10.1 Å². The molecule has 1 aliphatic rings. The highest BCUT2D eigenvalue weighted by Gasteiger charge is 2.11. The Labute approximate surface area is 129 Å². The third-order valence-corrected chi connectivity index (χ3v) is 4.05. The largest absolute Gasteiger partial charge is 0.491 e. The molecule has 3 nitrogen and oxygen atoms in total. The Morgan fingerprint density at radius 3 is 2.38 bits per heavy atom. The summed E-state index contributed by atoms with van der Waals surface area (Å²) in [6.45, 7) is 11.3. The number of hydrogen-bond donors (Lipinski definition) is 1. The minimum Gasteiger partial charge on any atom is -0.491 e. The fourth-order valence-electron chi connectivity index (χ4n) is 2.85. The van der Waals surface area contributed by atoms with Gasteiger partial charge in [0.25, 0.3) is 0 Å². The topological polar surface area (TPSA) is 24.5 Å². The number of benzene rings is 1. The normalized spacial score (nSPS) is 17.3. The van der Waals surface area contributed by atoms with E-state index in [1.54, 1.807) is 0 Å². The van der Waals surface area contributed by atoms with Crippen molar-refractivity contribution >= 4 is 0 Å². The van der Waals surface area contributed by atoms with Gasteiger partial charge in [-0.25, -0.2) is 0 Å². The van der Waals surface area contributed by atoms with Crippen LogP contribution in [0.25, 0.3) is 0 Å². The van der Waals surface area contributed by atoms with Gasteiger partial charge in [0.15, 0.2) is 0 Å². The molecule has 1 unspecified atom stereocenters. The van der Waals surface area contributed by atoms with Crippen molar-refractivity contribution < 1.29 is 4.74 Å². The van der Waals surface area contributed by atoms with Crippen molar-refractivity contribution in [2.45, 2.75) is 52.2 Å². The van der Waals surface area contributed by atoms with Crippen LogP contribution in [0.2, 0.25) is 0 Å². The monoisotopic (exact) mass is 290 g/mol. The lowest BCUT2D eigenvalue weighted by Crippen LogP contribution is -2.26. The van der Waals surface area contributed by atoms with E-state index in [-0.39, 0.29) is 6.10 Å². The van der Waals surface area contributed by atoms with Crippen LogP contribution in [0.3, 0.4) is 0 Å². The lowest BCUT2D eigenvalue weighted by Gasteiger charge is -2.18. The van der Waals surface area contributed by atoms with Crippen molar-refractivity contribution in [3.8, 4) is 5.75 Å². The van der Waals surface area contributed by atoms with Gasteiger partial charge in [0.1, 0.15) is 5.75 Å². The number of ether oxygens (including phenoxy) is 1. The Bertz CT molecular complexity index is 396. The van der Waals surface area contributed by atoms with E-state index in [1.807, 2.05) is 0 Å². The Balaban J connectivity index is 1.68. The fraction of sp³-hybridized carbons (Fsp3) is 0.667. The molecule has 0 bridgehead atoms. The standard InChI is InChI=1S/C18H30N2O/c1-15(2)21-18-9-7-17(8-10-18)16(3)19-11-6-14-20-12-4-5-13-20/h7-10,15-16,19H,4-6,11-14H2,1-3H3. The average Bonchev–Trinajstić information content (AvgIpc) is 2.97. The first-order valence-electron chi connectivity index (χ1n) is 8.37. The molecule has 3 heteroatoms. The van der Waals surface area contributed by atoms with Gasteiger partial charge in [-0.2, -0.15) is 0 Å². The van der Waals surface area contributed by atoms with Gasteiger partial charge in [-0.05, 0) is 83.9 Å². The molecule has 1 aliphatic heterocycles. The van der Waals surface area contributed by atoms with Crippen LogP contribution in [0, 0.1) is 0 Å². The highest BCUT2D eigenvalue weighted by atomic mass is 16.5. The van der Waals surface area contributed by atoms with Crippen LogP contribution in [0.5, 0.6) is 5.75 Å². The molecule has 118 valence electrons. The number of nitrogens with zero attached hydrogens (tertiary/aromatic N) is 1. The third kappa shape index (κ3) is 5.68. The summed E-state index contributed by atoms with van der Waals surface area (Å²) < 4.78 is 5.68. The molecule has 1 N–H and O–H groups in total. The smallest absolute Gasteiger partial charge is 0.119 e. The molecule has 0 radical (unpaired) electrons. The van der Waals surface area contributed by atoms with E-state index in [4.69, 9.17) is 4.74 Å². The molecule has 0 saturated carbocycles. The van der Waals surface area contributed by atoms with Crippen molar-refractivity contribution in [2.75, 3.05) is 26.2 Å². The zero-order valence-electron chi connectivity index (χ0n) is 13.8. The highest BCUT2D eigenvalue weighted by molar-refractivity contribution is 5.29. The van der Waals surface area contributed by atoms with Crippen LogP contribution in [0.15, 0.2) is 24.3 Å². The number of likely N-dealkylation sites (tertiary alicyclic amines) is 1. The molecule has 0 aliphatic carbocycles. The van der Waals surface area contributed by atoms with E-state index >= 15 is 0 Å². The van der Waals surface area contributed by atoms with E-state index in [0.29, 0.717) is 6.04 Å². The molecular formula is C18H30N2O. The fourth-order valence-corrected chi connectivity index (χ4v) is 2.85. The van der Waals surface area contributed by atoms with Gasteiger partial charge >= 0.3 is 0 Å². The van der Waals surface area contributed by atoms with Crippen LogP contribution in [-0.2, 0) is 0 Å². The molecule has 21 heavy (non-hydrogen) atoms. The third-order valence-electron chi connectivity index (χ3n) is 4.05. The first-order valence-corrected chi connectivity index (χ1v) is 8.37. The van der Waals surface area contributed by atoms with Crippen LogP contribution in [-0.4, -0.2) is 37.2 Å². The molecule has 1 fully saturated rings. The van der Waals surface area contributed by atoms with Crippen molar-refractivity contribution in [3.05, 3.63) is 29.8 Å². The van der Waals surface area contributed by atoms with Crippen molar-refractivity contribution in [3.63, 3.8) is 0 Å². The molecule has 1 atom stereocenters. The zero-order chi connectivity index (χ0) is 15.1. The maximum atomic E-state index is 5.68. The van der Waals surface area contributed by atoms with Crippen LogP contribution in [0.1, 0.15) is 51.6 Å². The molecule has 1 aromatic rings. The summed E-state index contributed by atoms with van der Waals surface area (Å²) in [4.78, 5) is 2.57. The van der Waals surface area contributed by atoms with E-state index in [0.717, 1.165) is 12.3 Å². The highest BCUT2D eigenvalue weighted by Crippen LogP contribution is 2.18. The lowest BCUT2D eigenvalue weighted by molar-refractivity contribution is 0.242. The summed E-state index contributed by atoms with van der Waals surface area (Å²) in [5.74, 6) is 0.954. The van der Waals surface area contributed by atoms with Crippen molar-refractivity contribution in [2.24, 2.45) is 0 Å². The number of hydrogen-bond acceptors (Lipinski definition) is 3. The van der Waals surface area contributed by atoms with Gasteiger partial charge in [0.2, 0.25) is 0 Å². The minimum atomic E-state index is 0.233. The number of nitrogens with one attached hydrogen (secondary N) is 1. The van der Waals surface area contributed by atoms with E-state index in [1.165, 1.54) is 44.5 Å². The second-order valence-electron chi connectivity index (χ2n) is 6.31. The van der Waals surface area contributed by atoms with Gasteiger partial charge in [0.05, 0.1) is 6.10 Å². The van der Waals surface area contributed by atoms with Gasteiger partial charge in [0, 0.05) is 6.04 Å². The van der Waals surface area contributed by atoms with Gasteiger partial charge in [-0.3, -0.25) is 0 Å². The molecule has 1 heterocycles.